The summed E-state index contributed by atoms with van der Waals surface area (Å²) in [5.74, 6) is -0.289. The molecule has 2 aromatic rings. The van der Waals surface area contributed by atoms with Crippen molar-refractivity contribution in [2.45, 2.75) is 0 Å². The molecule has 0 bridgehead atoms. The van der Waals surface area contributed by atoms with Gasteiger partial charge >= 0.3 is 0 Å². The second-order valence-electron chi connectivity index (χ2n) is 4.53. The van der Waals surface area contributed by atoms with Crippen molar-refractivity contribution in [2.75, 3.05) is 14.2 Å². The fourth-order valence-corrected chi connectivity index (χ4v) is 2.03. The smallest absolute Gasteiger partial charge is 0.273 e. The van der Waals surface area contributed by atoms with E-state index in [2.05, 4.69) is 10.5 Å². The third kappa shape index (κ3) is 3.82. The molecule has 0 aliphatic carbocycles. The molecule has 0 spiro atoms. The Morgan fingerprint density at radius 1 is 1.05 bits per heavy atom. The van der Waals surface area contributed by atoms with E-state index >= 15 is 0 Å². The number of carbonyl (C=O) groups excluding carboxylic acids is 1. The minimum absolute atomic E-state index is 0.248. The topological polar surface area (TPSA) is 50.7 Å². The van der Waals surface area contributed by atoms with Crippen LogP contribution in [0.1, 0.15) is 16.7 Å². The number of nitrogens with zero attached hydrogens (tertiary/aromatic N) is 1. The van der Waals surface area contributed by atoms with Crippen LogP contribution < -0.4 is 5.32 Å². The minimum Gasteiger partial charge on any atom is -0.398 e. The molecule has 0 heterocycles. The summed E-state index contributed by atoms with van der Waals surface area (Å²) in [7, 11) is 2.99. The van der Waals surface area contributed by atoms with Gasteiger partial charge in [-0.3, -0.25) is 4.79 Å². The Morgan fingerprint density at radius 3 is 2.41 bits per heavy atom. The number of rotatable bonds is 5. The lowest BCUT2D eigenvalue weighted by Crippen LogP contribution is -2.29. The van der Waals surface area contributed by atoms with Crippen LogP contribution in [-0.4, -0.2) is 25.8 Å². The molecule has 22 heavy (non-hydrogen) atoms. The summed E-state index contributed by atoms with van der Waals surface area (Å²) in [5.41, 5.74) is 2.95. The quantitative estimate of drug-likeness (QED) is 0.523. The van der Waals surface area contributed by atoms with Gasteiger partial charge in [0.25, 0.3) is 5.91 Å². The Labute approximate surface area is 130 Å². The molecular weight excluding hydrogens is 276 g/mol. The normalized spacial score (nSPS) is 11.5. The molecule has 4 heteroatoms. The highest BCUT2D eigenvalue weighted by molar-refractivity contribution is 6.45. The maximum absolute atomic E-state index is 12.0. The second-order valence-corrected chi connectivity index (χ2v) is 4.53. The molecule has 112 valence electrons. The van der Waals surface area contributed by atoms with Crippen molar-refractivity contribution in [3.05, 3.63) is 71.3 Å². The lowest BCUT2D eigenvalue weighted by molar-refractivity contribution is -0.114. The Hall–Kier alpha value is -2.88. The summed E-state index contributed by atoms with van der Waals surface area (Å²) in [6, 6.07) is 17.5. The Bertz CT molecular complexity index is 691. The zero-order valence-corrected chi connectivity index (χ0v) is 12.6. The molecule has 0 aliphatic heterocycles. The van der Waals surface area contributed by atoms with Crippen molar-refractivity contribution in [1.82, 2.24) is 5.32 Å². The van der Waals surface area contributed by atoms with Crippen molar-refractivity contribution in [3.8, 4) is 0 Å². The van der Waals surface area contributed by atoms with Gasteiger partial charge in [0.1, 0.15) is 7.11 Å². The van der Waals surface area contributed by atoms with Gasteiger partial charge in [-0.2, -0.15) is 0 Å². The van der Waals surface area contributed by atoms with Crippen LogP contribution in [0, 0.1) is 0 Å². The maximum Gasteiger partial charge on any atom is 0.273 e. The highest BCUT2D eigenvalue weighted by Gasteiger charge is 2.15. The van der Waals surface area contributed by atoms with Crippen molar-refractivity contribution in [3.63, 3.8) is 0 Å². The largest absolute Gasteiger partial charge is 0.398 e. The first kappa shape index (κ1) is 15.5. The number of carbonyl (C=O) groups is 1. The predicted molar refractivity (Wildman–Crippen MR) is 89.4 cm³/mol. The summed E-state index contributed by atoms with van der Waals surface area (Å²) in [6.07, 6.45) is 3.95. The van der Waals surface area contributed by atoms with Gasteiger partial charge in [0.2, 0.25) is 0 Å². The molecule has 1 N–H and O–H groups in total. The summed E-state index contributed by atoms with van der Waals surface area (Å²) >= 11 is 0. The summed E-state index contributed by atoms with van der Waals surface area (Å²) in [5, 5.41) is 6.43. The Kier molecular flexibility index (Phi) is 5.49. The van der Waals surface area contributed by atoms with E-state index in [1.54, 1.807) is 7.05 Å². The van der Waals surface area contributed by atoms with Crippen molar-refractivity contribution < 1.29 is 9.63 Å². The fourth-order valence-electron chi connectivity index (χ4n) is 2.03. The van der Waals surface area contributed by atoms with Crippen LogP contribution in [-0.2, 0) is 9.63 Å². The van der Waals surface area contributed by atoms with Gasteiger partial charge in [-0.25, -0.2) is 0 Å². The van der Waals surface area contributed by atoms with E-state index in [9.17, 15) is 4.79 Å². The van der Waals surface area contributed by atoms with E-state index < -0.39 is 0 Å². The van der Waals surface area contributed by atoms with Crippen LogP contribution in [0.5, 0.6) is 0 Å². The van der Waals surface area contributed by atoms with E-state index in [1.165, 1.54) is 7.11 Å². The number of hydrogen-bond acceptors (Lipinski definition) is 3. The lowest BCUT2D eigenvalue weighted by atomic mass is 10.0. The highest BCUT2D eigenvalue weighted by Crippen LogP contribution is 2.15. The standard InChI is InChI=1S/C18H18N2O2/c1-19-18(21)17(20-22-2)16-11-7-6-10-15(16)13-12-14-8-4-3-5-9-14/h3-13H,1-2H3,(H,19,21)/b13-12+,20-17?. The number of benzene rings is 2. The van der Waals surface area contributed by atoms with Crippen LogP contribution in [0.4, 0.5) is 0 Å². The van der Waals surface area contributed by atoms with E-state index in [1.807, 2.05) is 66.7 Å². The van der Waals surface area contributed by atoms with Crippen molar-refractivity contribution >= 4 is 23.8 Å². The fraction of sp³-hybridized carbons (Fsp3) is 0.111. The summed E-state index contributed by atoms with van der Waals surface area (Å²) < 4.78 is 0. The average molecular weight is 294 g/mol. The van der Waals surface area contributed by atoms with Crippen molar-refractivity contribution in [2.24, 2.45) is 5.16 Å². The molecule has 1 amide bonds. The molecule has 0 saturated carbocycles. The van der Waals surface area contributed by atoms with Crippen LogP contribution in [0.25, 0.3) is 12.2 Å². The molecule has 0 unspecified atom stereocenters. The van der Waals surface area contributed by atoms with E-state index in [0.29, 0.717) is 0 Å². The first-order valence-electron chi connectivity index (χ1n) is 6.92. The lowest BCUT2D eigenvalue weighted by Gasteiger charge is -2.08. The van der Waals surface area contributed by atoms with E-state index in [0.717, 1.165) is 16.7 Å². The van der Waals surface area contributed by atoms with E-state index in [-0.39, 0.29) is 11.6 Å². The highest BCUT2D eigenvalue weighted by atomic mass is 16.6. The zero-order chi connectivity index (χ0) is 15.8. The summed E-state index contributed by atoms with van der Waals surface area (Å²) in [4.78, 5) is 16.8. The third-order valence-electron chi connectivity index (χ3n) is 3.10. The molecule has 4 nitrogen and oxygen atoms in total. The Morgan fingerprint density at radius 2 is 1.73 bits per heavy atom. The molecule has 0 aromatic heterocycles. The maximum atomic E-state index is 12.0. The Balaban J connectivity index is 2.40. The third-order valence-corrected chi connectivity index (χ3v) is 3.10. The molecule has 0 atom stereocenters. The molecule has 0 saturated heterocycles. The number of oxime groups is 1. The number of likely N-dealkylation sites (N-methyl/N-ethyl adjacent to an activating group) is 1. The van der Waals surface area contributed by atoms with Gasteiger partial charge in [0, 0.05) is 12.6 Å². The second kappa shape index (κ2) is 7.78. The first-order chi connectivity index (χ1) is 10.8. The average Bonchev–Trinajstić information content (AvgIpc) is 2.58. The van der Waals surface area contributed by atoms with Gasteiger partial charge in [0.05, 0.1) is 0 Å². The van der Waals surface area contributed by atoms with Gasteiger partial charge in [-0.15, -0.1) is 0 Å². The minimum atomic E-state index is -0.289. The predicted octanol–water partition coefficient (Wildman–Crippen LogP) is 2.95. The molecule has 0 fully saturated rings. The van der Waals surface area contributed by atoms with Crippen LogP contribution >= 0.6 is 0 Å². The van der Waals surface area contributed by atoms with Crippen LogP contribution in [0.15, 0.2) is 59.8 Å². The SMILES string of the molecule is CNC(=O)C(=NOC)c1ccccc1/C=C/c1ccccc1. The molecule has 0 aliphatic rings. The molecular formula is C18H18N2O2. The zero-order valence-electron chi connectivity index (χ0n) is 12.6. The summed E-state index contributed by atoms with van der Waals surface area (Å²) in [6.45, 7) is 0. The van der Waals surface area contributed by atoms with Gasteiger partial charge in [-0.1, -0.05) is 71.9 Å². The molecule has 2 aromatic carbocycles. The van der Waals surface area contributed by atoms with Crippen LogP contribution in [0.3, 0.4) is 0 Å². The monoisotopic (exact) mass is 294 g/mol. The van der Waals surface area contributed by atoms with Crippen LogP contribution in [0.2, 0.25) is 0 Å². The van der Waals surface area contributed by atoms with Gasteiger partial charge in [-0.05, 0) is 11.1 Å². The molecule has 2 rings (SSSR count). The number of amides is 1. The van der Waals surface area contributed by atoms with Gasteiger partial charge in [0.15, 0.2) is 5.71 Å². The number of nitrogens with one attached hydrogen (secondary N) is 1. The van der Waals surface area contributed by atoms with E-state index in [4.69, 9.17) is 4.84 Å². The van der Waals surface area contributed by atoms with Gasteiger partial charge < -0.3 is 10.2 Å². The first-order valence-corrected chi connectivity index (χ1v) is 6.92. The number of hydrogen-bond donors (Lipinski definition) is 1. The van der Waals surface area contributed by atoms with Crippen molar-refractivity contribution in [1.29, 1.82) is 0 Å². The molecule has 0 radical (unpaired) electrons.